The van der Waals surface area contributed by atoms with Crippen molar-refractivity contribution >= 4 is 5.97 Å². The SMILES string of the molecule is CCCCCCCCc1ccc(-c2ccc([C@H]3C[C@H](C(=O)O)CC[C@@]3(C#N)CCCCCCC)cc2)cc1. The van der Waals surface area contributed by atoms with E-state index in [9.17, 15) is 15.2 Å². The van der Waals surface area contributed by atoms with Gasteiger partial charge in [-0.2, -0.15) is 5.26 Å². The highest BCUT2D eigenvalue weighted by molar-refractivity contribution is 5.70. The van der Waals surface area contributed by atoms with Gasteiger partial charge in [-0.05, 0) is 60.8 Å². The van der Waals surface area contributed by atoms with Gasteiger partial charge < -0.3 is 5.11 Å². The molecule has 0 radical (unpaired) electrons. The van der Waals surface area contributed by atoms with E-state index in [-0.39, 0.29) is 11.8 Å². The van der Waals surface area contributed by atoms with Crippen molar-refractivity contribution in [2.24, 2.45) is 11.3 Å². The lowest BCUT2D eigenvalue weighted by Crippen LogP contribution is -2.36. The second-order valence-electron chi connectivity index (χ2n) is 11.6. The van der Waals surface area contributed by atoms with Crippen molar-refractivity contribution in [3.05, 3.63) is 59.7 Å². The van der Waals surface area contributed by atoms with E-state index in [2.05, 4.69) is 68.4 Å². The van der Waals surface area contributed by atoms with Crippen LogP contribution in [-0.2, 0) is 11.2 Å². The molecule has 3 nitrogen and oxygen atoms in total. The molecule has 1 N–H and O–H groups in total. The first-order valence-electron chi connectivity index (χ1n) is 15.4. The molecule has 0 aliphatic heterocycles. The number of hydrogen-bond donors (Lipinski definition) is 1. The molecule has 2 aromatic rings. The lowest BCUT2D eigenvalue weighted by Gasteiger charge is -2.41. The van der Waals surface area contributed by atoms with Crippen molar-refractivity contribution in [2.75, 3.05) is 0 Å². The third kappa shape index (κ3) is 8.45. The molecule has 38 heavy (non-hydrogen) atoms. The molecule has 0 bridgehead atoms. The van der Waals surface area contributed by atoms with Crippen LogP contribution in [0.25, 0.3) is 11.1 Å². The number of hydrogen-bond acceptors (Lipinski definition) is 2. The summed E-state index contributed by atoms with van der Waals surface area (Å²) in [5.41, 5.74) is 4.44. The molecule has 0 heterocycles. The van der Waals surface area contributed by atoms with Gasteiger partial charge in [0.25, 0.3) is 0 Å². The molecular formula is C35H49NO2. The lowest BCUT2D eigenvalue weighted by atomic mass is 9.60. The Balaban J connectivity index is 1.67. The van der Waals surface area contributed by atoms with Crippen LogP contribution in [0, 0.1) is 22.7 Å². The zero-order valence-electron chi connectivity index (χ0n) is 23.9. The molecule has 0 aromatic heterocycles. The van der Waals surface area contributed by atoms with Crippen LogP contribution in [0.5, 0.6) is 0 Å². The Hall–Kier alpha value is -2.60. The number of unbranched alkanes of at least 4 members (excludes halogenated alkanes) is 9. The van der Waals surface area contributed by atoms with E-state index < -0.39 is 11.4 Å². The third-order valence-corrected chi connectivity index (χ3v) is 8.84. The maximum absolute atomic E-state index is 11.9. The molecule has 0 amide bonds. The van der Waals surface area contributed by atoms with Crippen molar-refractivity contribution < 1.29 is 9.90 Å². The predicted molar refractivity (Wildman–Crippen MR) is 158 cm³/mol. The molecular weight excluding hydrogens is 466 g/mol. The molecule has 2 aromatic carbocycles. The molecule has 1 saturated carbocycles. The molecule has 0 saturated heterocycles. The van der Waals surface area contributed by atoms with Crippen LogP contribution >= 0.6 is 0 Å². The molecule has 1 aliphatic rings. The Bertz CT molecular complexity index is 1000. The summed E-state index contributed by atoms with van der Waals surface area (Å²) in [5.74, 6) is -1.11. The summed E-state index contributed by atoms with van der Waals surface area (Å²) in [4.78, 5) is 11.9. The summed E-state index contributed by atoms with van der Waals surface area (Å²) >= 11 is 0. The normalized spacial score (nSPS) is 21.2. The van der Waals surface area contributed by atoms with Crippen molar-refractivity contribution in [3.8, 4) is 17.2 Å². The molecule has 0 unspecified atom stereocenters. The average Bonchev–Trinajstić information content (AvgIpc) is 2.95. The van der Waals surface area contributed by atoms with Gasteiger partial charge in [0.1, 0.15) is 0 Å². The van der Waals surface area contributed by atoms with Gasteiger partial charge in [-0.1, -0.05) is 127 Å². The first-order chi connectivity index (χ1) is 18.5. The second kappa shape index (κ2) is 15.7. The van der Waals surface area contributed by atoms with Crippen molar-refractivity contribution in [1.29, 1.82) is 5.26 Å². The number of rotatable bonds is 16. The second-order valence-corrected chi connectivity index (χ2v) is 11.6. The Labute approximate surface area is 231 Å². The average molecular weight is 516 g/mol. The number of carbonyl (C=O) groups is 1. The molecule has 3 rings (SSSR count). The van der Waals surface area contributed by atoms with Crippen LogP contribution in [0.1, 0.15) is 127 Å². The number of benzene rings is 2. The Morgan fingerprint density at radius 2 is 1.39 bits per heavy atom. The van der Waals surface area contributed by atoms with E-state index >= 15 is 0 Å². The topological polar surface area (TPSA) is 61.1 Å². The standard InChI is InChI=1S/C35H49NO2/c1-3-5-7-9-10-12-14-28-15-17-29(18-16-28)30-19-21-31(22-20-30)33-26-32(34(37)38)23-25-35(33,27-36)24-13-11-8-6-4-2/h15-22,32-33H,3-14,23-26H2,1-2H3,(H,37,38)/t32-,33-,35-/m1/s1. The van der Waals surface area contributed by atoms with Gasteiger partial charge in [-0.3, -0.25) is 4.79 Å². The maximum Gasteiger partial charge on any atom is 0.306 e. The van der Waals surface area contributed by atoms with Crippen molar-refractivity contribution in [3.63, 3.8) is 0 Å². The minimum absolute atomic E-state index is 0.0257. The van der Waals surface area contributed by atoms with Crippen LogP contribution in [0.2, 0.25) is 0 Å². The highest BCUT2D eigenvalue weighted by Crippen LogP contribution is 2.52. The fraction of sp³-hybridized carbons (Fsp3) is 0.600. The van der Waals surface area contributed by atoms with Gasteiger partial charge in [0.2, 0.25) is 0 Å². The number of carboxylic acid groups (broad SMARTS) is 1. The Morgan fingerprint density at radius 3 is 1.97 bits per heavy atom. The van der Waals surface area contributed by atoms with Crippen LogP contribution in [0.15, 0.2) is 48.5 Å². The first kappa shape index (κ1) is 29.9. The molecule has 206 valence electrons. The number of nitriles is 1. The summed E-state index contributed by atoms with van der Waals surface area (Å²) in [5, 5.41) is 20.1. The fourth-order valence-corrected chi connectivity index (χ4v) is 6.33. The fourth-order valence-electron chi connectivity index (χ4n) is 6.33. The summed E-state index contributed by atoms with van der Waals surface area (Å²) in [6, 6.07) is 20.3. The van der Waals surface area contributed by atoms with E-state index in [0.29, 0.717) is 19.3 Å². The van der Waals surface area contributed by atoms with Gasteiger partial charge in [0.15, 0.2) is 0 Å². The van der Waals surface area contributed by atoms with Crippen molar-refractivity contribution in [1.82, 2.24) is 0 Å². The van der Waals surface area contributed by atoms with Crippen LogP contribution in [0.3, 0.4) is 0 Å². The maximum atomic E-state index is 11.9. The summed E-state index contributed by atoms with van der Waals surface area (Å²) in [7, 11) is 0. The zero-order valence-corrected chi connectivity index (χ0v) is 23.9. The Morgan fingerprint density at radius 1 is 0.842 bits per heavy atom. The van der Waals surface area contributed by atoms with Crippen LogP contribution in [0.4, 0.5) is 0 Å². The minimum atomic E-state index is -0.720. The van der Waals surface area contributed by atoms with E-state index in [1.54, 1.807) is 0 Å². The number of aliphatic carboxylic acids is 1. The zero-order chi connectivity index (χ0) is 27.2. The molecule has 1 aliphatic carbocycles. The third-order valence-electron chi connectivity index (χ3n) is 8.84. The van der Waals surface area contributed by atoms with E-state index in [0.717, 1.165) is 31.2 Å². The summed E-state index contributed by atoms with van der Waals surface area (Å²) in [6.45, 7) is 4.48. The largest absolute Gasteiger partial charge is 0.481 e. The molecule has 0 spiro atoms. The van der Waals surface area contributed by atoms with Gasteiger partial charge in [-0.25, -0.2) is 0 Å². The predicted octanol–water partition coefficient (Wildman–Crippen LogP) is 10.1. The summed E-state index contributed by atoms with van der Waals surface area (Å²) < 4.78 is 0. The monoisotopic (exact) mass is 515 g/mol. The highest BCUT2D eigenvalue weighted by atomic mass is 16.4. The minimum Gasteiger partial charge on any atom is -0.481 e. The number of carboxylic acids is 1. The van der Waals surface area contributed by atoms with Gasteiger partial charge in [0, 0.05) is 5.92 Å². The number of nitrogens with zero attached hydrogens (tertiary/aromatic N) is 1. The lowest BCUT2D eigenvalue weighted by molar-refractivity contribution is -0.143. The van der Waals surface area contributed by atoms with Crippen molar-refractivity contribution in [2.45, 2.75) is 122 Å². The first-order valence-corrected chi connectivity index (χ1v) is 15.4. The smallest absolute Gasteiger partial charge is 0.306 e. The molecule has 3 atom stereocenters. The molecule has 1 fully saturated rings. The van der Waals surface area contributed by atoms with Crippen LogP contribution < -0.4 is 0 Å². The quantitative estimate of drug-likeness (QED) is 0.226. The van der Waals surface area contributed by atoms with E-state index in [1.165, 1.54) is 74.5 Å². The summed E-state index contributed by atoms with van der Waals surface area (Å²) in [6.07, 6.45) is 17.7. The van der Waals surface area contributed by atoms with Crippen LogP contribution in [-0.4, -0.2) is 11.1 Å². The number of aryl methyl sites for hydroxylation is 1. The molecule has 3 heteroatoms. The van der Waals surface area contributed by atoms with E-state index in [1.807, 2.05) is 0 Å². The highest BCUT2D eigenvalue weighted by Gasteiger charge is 2.45. The van der Waals surface area contributed by atoms with Gasteiger partial charge in [0.05, 0.1) is 17.4 Å². The van der Waals surface area contributed by atoms with Gasteiger partial charge >= 0.3 is 5.97 Å². The Kier molecular flexibility index (Phi) is 12.4. The van der Waals surface area contributed by atoms with Gasteiger partial charge in [-0.15, -0.1) is 0 Å². The van der Waals surface area contributed by atoms with E-state index in [4.69, 9.17) is 0 Å².